The quantitative estimate of drug-likeness (QED) is 0.756. The lowest BCUT2D eigenvalue weighted by Gasteiger charge is -2.34. The largest absolute Gasteiger partial charge is 0.497 e. The van der Waals surface area contributed by atoms with E-state index in [9.17, 15) is 4.79 Å². The van der Waals surface area contributed by atoms with Gasteiger partial charge in [-0.2, -0.15) is 0 Å². The van der Waals surface area contributed by atoms with Crippen LogP contribution < -0.4 is 19.1 Å². The van der Waals surface area contributed by atoms with Gasteiger partial charge in [0.15, 0.2) is 11.5 Å². The van der Waals surface area contributed by atoms with Gasteiger partial charge in [-0.05, 0) is 44.0 Å². The molecule has 158 valence electrons. The van der Waals surface area contributed by atoms with Gasteiger partial charge in [0.1, 0.15) is 11.3 Å². The van der Waals surface area contributed by atoms with Crippen molar-refractivity contribution in [1.82, 2.24) is 4.90 Å². The first-order chi connectivity index (χ1) is 14.6. The molecule has 3 heterocycles. The zero-order valence-electron chi connectivity index (χ0n) is 17.8. The number of carbonyl (C=O) groups excluding carboxylic acids is 1. The SMILES string of the molecule is COc1cccc(N2C[C@@H]3C[C@@H](c4cccc(OC)c4OC)N4CCC[C@@]34C2=O)c1. The molecular formula is C24H28N2O4. The molecule has 0 radical (unpaired) electrons. The van der Waals surface area contributed by atoms with E-state index >= 15 is 0 Å². The van der Waals surface area contributed by atoms with Crippen LogP contribution in [0.2, 0.25) is 0 Å². The molecule has 6 nitrogen and oxygen atoms in total. The molecule has 0 aromatic heterocycles. The Labute approximate surface area is 177 Å². The lowest BCUT2D eigenvalue weighted by molar-refractivity contribution is -0.126. The van der Waals surface area contributed by atoms with Gasteiger partial charge < -0.3 is 19.1 Å². The molecule has 1 amide bonds. The highest BCUT2D eigenvalue weighted by Crippen LogP contribution is 2.58. The predicted molar refractivity (Wildman–Crippen MR) is 114 cm³/mol. The number of methoxy groups -OCH3 is 3. The summed E-state index contributed by atoms with van der Waals surface area (Å²) in [5.74, 6) is 2.81. The highest BCUT2D eigenvalue weighted by molar-refractivity contribution is 6.04. The molecule has 3 aliphatic heterocycles. The summed E-state index contributed by atoms with van der Waals surface area (Å²) < 4.78 is 16.6. The molecule has 3 aliphatic rings. The standard InChI is InChI=1S/C24H28N2O4/c1-28-18-8-4-7-17(14-18)25-15-16-13-20(26-12-6-11-24(16,26)23(25)27)19-9-5-10-21(29-2)22(19)30-3/h4-5,7-10,14,16,20H,6,11-13,15H2,1-3H3/t16-,20-,24-/m0/s1. The summed E-state index contributed by atoms with van der Waals surface area (Å²) in [6.07, 6.45) is 2.90. The van der Waals surface area contributed by atoms with E-state index in [1.165, 1.54) is 0 Å². The number of anilines is 1. The molecule has 6 heteroatoms. The summed E-state index contributed by atoms with van der Waals surface area (Å²) in [5.41, 5.74) is 1.63. The van der Waals surface area contributed by atoms with E-state index < -0.39 is 5.54 Å². The van der Waals surface area contributed by atoms with E-state index in [1.54, 1.807) is 21.3 Å². The van der Waals surface area contributed by atoms with Gasteiger partial charge in [0.2, 0.25) is 5.91 Å². The highest BCUT2D eigenvalue weighted by atomic mass is 16.5. The van der Waals surface area contributed by atoms with Crippen LogP contribution in [0, 0.1) is 5.92 Å². The first kappa shape index (κ1) is 19.2. The number of para-hydroxylation sites is 1. The zero-order valence-corrected chi connectivity index (χ0v) is 17.8. The number of ether oxygens (including phenoxy) is 3. The Hall–Kier alpha value is -2.73. The van der Waals surface area contributed by atoms with Crippen molar-refractivity contribution >= 4 is 11.6 Å². The molecular weight excluding hydrogens is 380 g/mol. The van der Waals surface area contributed by atoms with Crippen LogP contribution in [0.4, 0.5) is 5.69 Å². The van der Waals surface area contributed by atoms with Crippen molar-refractivity contribution in [3.05, 3.63) is 48.0 Å². The summed E-state index contributed by atoms with van der Waals surface area (Å²) in [6, 6.07) is 14.0. The Balaban J connectivity index is 1.51. The fourth-order valence-electron chi connectivity index (χ4n) is 5.96. The Kier molecular flexibility index (Phi) is 4.62. The van der Waals surface area contributed by atoms with E-state index in [4.69, 9.17) is 14.2 Å². The Morgan fingerprint density at radius 2 is 1.87 bits per heavy atom. The van der Waals surface area contributed by atoms with Crippen molar-refractivity contribution in [3.63, 3.8) is 0 Å². The van der Waals surface area contributed by atoms with E-state index in [1.807, 2.05) is 41.3 Å². The highest BCUT2D eigenvalue weighted by Gasteiger charge is 2.65. The molecule has 3 atom stereocenters. The van der Waals surface area contributed by atoms with Gasteiger partial charge >= 0.3 is 0 Å². The van der Waals surface area contributed by atoms with Crippen molar-refractivity contribution in [3.8, 4) is 17.2 Å². The maximum Gasteiger partial charge on any atom is 0.247 e. The molecule has 0 unspecified atom stereocenters. The van der Waals surface area contributed by atoms with Crippen LogP contribution in [0.15, 0.2) is 42.5 Å². The third-order valence-electron chi connectivity index (χ3n) is 7.20. The Morgan fingerprint density at radius 3 is 2.63 bits per heavy atom. The summed E-state index contributed by atoms with van der Waals surface area (Å²) >= 11 is 0. The monoisotopic (exact) mass is 408 g/mol. The van der Waals surface area contributed by atoms with Crippen molar-refractivity contribution in [2.24, 2.45) is 5.92 Å². The van der Waals surface area contributed by atoms with E-state index in [2.05, 4.69) is 11.0 Å². The molecule has 3 fully saturated rings. The van der Waals surface area contributed by atoms with Crippen molar-refractivity contribution in [2.75, 3.05) is 39.3 Å². The molecule has 0 N–H and O–H groups in total. The second-order valence-corrected chi connectivity index (χ2v) is 8.37. The third kappa shape index (κ3) is 2.56. The normalized spacial score (nSPS) is 27.8. The predicted octanol–water partition coefficient (Wildman–Crippen LogP) is 3.65. The van der Waals surface area contributed by atoms with Gasteiger partial charge in [0, 0.05) is 35.8 Å². The molecule has 5 rings (SSSR count). The molecule has 2 aromatic carbocycles. The number of hydrogen-bond acceptors (Lipinski definition) is 5. The first-order valence-corrected chi connectivity index (χ1v) is 10.6. The topological polar surface area (TPSA) is 51.2 Å². The lowest BCUT2D eigenvalue weighted by atomic mass is 9.85. The number of carbonyl (C=O) groups is 1. The summed E-state index contributed by atoms with van der Waals surface area (Å²) in [6.45, 7) is 1.67. The molecule has 3 saturated heterocycles. The average Bonchev–Trinajstić information content (AvgIpc) is 3.43. The molecule has 0 bridgehead atoms. The summed E-state index contributed by atoms with van der Waals surface area (Å²) in [4.78, 5) is 18.2. The molecule has 0 aliphatic carbocycles. The summed E-state index contributed by atoms with van der Waals surface area (Å²) in [7, 11) is 5.01. The van der Waals surface area contributed by atoms with Crippen LogP contribution in [0.25, 0.3) is 0 Å². The number of amides is 1. The van der Waals surface area contributed by atoms with Crippen LogP contribution in [0.1, 0.15) is 30.9 Å². The number of benzene rings is 2. The molecule has 0 saturated carbocycles. The smallest absolute Gasteiger partial charge is 0.247 e. The van der Waals surface area contributed by atoms with Gasteiger partial charge in [0.25, 0.3) is 0 Å². The molecule has 2 aromatic rings. The number of nitrogens with zero attached hydrogens (tertiary/aromatic N) is 2. The average molecular weight is 408 g/mol. The Bertz CT molecular complexity index is 977. The zero-order chi connectivity index (χ0) is 20.9. The van der Waals surface area contributed by atoms with Crippen LogP contribution in [0.3, 0.4) is 0 Å². The maximum absolute atomic E-state index is 13.8. The molecule has 1 spiro atoms. The van der Waals surface area contributed by atoms with Gasteiger partial charge in [-0.15, -0.1) is 0 Å². The van der Waals surface area contributed by atoms with Crippen LogP contribution in [0.5, 0.6) is 17.2 Å². The second kappa shape index (κ2) is 7.20. The van der Waals surface area contributed by atoms with Crippen molar-refractivity contribution in [2.45, 2.75) is 30.8 Å². The van der Waals surface area contributed by atoms with Crippen molar-refractivity contribution in [1.29, 1.82) is 0 Å². The number of rotatable bonds is 5. The fourth-order valence-corrected chi connectivity index (χ4v) is 5.96. The second-order valence-electron chi connectivity index (χ2n) is 8.37. The minimum absolute atomic E-state index is 0.166. The Morgan fingerprint density at radius 1 is 1.03 bits per heavy atom. The lowest BCUT2D eigenvalue weighted by Crippen LogP contribution is -2.49. The van der Waals surface area contributed by atoms with Crippen LogP contribution in [-0.2, 0) is 4.79 Å². The van der Waals surface area contributed by atoms with E-state index in [-0.39, 0.29) is 11.9 Å². The minimum Gasteiger partial charge on any atom is -0.497 e. The minimum atomic E-state index is -0.415. The van der Waals surface area contributed by atoms with Gasteiger partial charge in [-0.25, -0.2) is 0 Å². The third-order valence-corrected chi connectivity index (χ3v) is 7.20. The van der Waals surface area contributed by atoms with Crippen molar-refractivity contribution < 1.29 is 19.0 Å². The summed E-state index contributed by atoms with van der Waals surface area (Å²) in [5, 5.41) is 0. The number of hydrogen-bond donors (Lipinski definition) is 0. The molecule has 30 heavy (non-hydrogen) atoms. The maximum atomic E-state index is 13.8. The van der Waals surface area contributed by atoms with Gasteiger partial charge in [-0.3, -0.25) is 9.69 Å². The van der Waals surface area contributed by atoms with Gasteiger partial charge in [-0.1, -0.05) is 18.2 Å². The van der Waals surface area contributed by atoms with E-state index in [0.717, 1.165) is 60.9 Å². The van der Waals surface area contributed by atoms with Crippen LogP contribution in [-0.4, -0.2) is 50.8 Å². The first-order valence-electron chi connectivity index (χ1n) is 10.6. The fraction of sp³-hybridized carbons (Fsp3) is 0.458. The van der Waals surface area contributed by atoms with Crippen LogP contribution >= 0.6 is 0 Å². The van der Waals surface area contributed by atoms with E-state index in [0.29, 0.717) is 5.92 Å². The van der Waals surface area contributed by atoms with Gasteiger partial charge in [0.05, 0.1) is 21.3 Å².